The SMILES string of the molecule is C[S+]([O-])CC(C)(C)NC(=O)c1c(NC(=O)c2cc(C(F)(F)F)cn2-c2ncccc2Cl)ccc2cn[nH]c12. The summed E-state index contributed by atoms with van der Waals surface area (Å²) in [6.07, 6.45) is 0.297. The first-order valence-electron chi connectivity index (χ1n) is 11.1. The molecule has 0 aliphatic rings. The van der Waals surface area contributed by atoms with E-state index in [1.165, 1.54) is 36.8 Å². The van der Waals surface area contributed by atoms with Crippen LogP contribution in [0.15, 0.2) is 48.9 Å². The van der Waals surface area contributed by atoms with Crippen LogP contribution in [-0.2, 0) is 17.4 Å². The van der Waals surface area contributed by atoms with Gasteiger partial charge in [-0.25, -0.2) is 4.98 Å². The van der Waals surface area contributed by atoms with E-state index in [2.05, 4.69) is 25.8 Å². The van der Waals surface area contributed by atoms with Crippen LogP contribution in [0.5, 0.6) is 0 Å². The minimum atomic E-state index is -4.74. The maximum absolute atomic E-state index is 13.6. The lowest BCUT2D eigenvalue weighted by atomic mass is 10.0. The average Bonchev–Trinajstić information content (AvgIpc) is 3.45. The average molecular weight is 567 g/mol. The van der Waals surface area contributed by atoms with Crippen molar-refractivity contribution < 1.29 is 27.3 Å². The van der Waals surface area contributed by atoms with Gasteiger partial charge in [0.05, 0.1) is 45.3 Å². The van der Waals surface area contributed by atoms with Gasteiger partial charge in [0.1, 0.15) is 11.4 Å². The van der Waals surface area contributed by atoms with Gasteiger partial charge in [-0.05, 0) is 44.2 Å². The zero-order valence-corrected chi connectivity index (χ0v) is 21.9. The molecule has 0 bridgehead atoms. The summed E-state index contributed by atoms with van der Waals surface area (Å²) in [5.41, 5.74) is -2.03. The second-order valence-electron chi connectivity index (χ2n) is 9.12. The largest absolute Gasteiger partial charge is 0.616 e. The summed E-state index contributed by atoms with van der Waals surface area (Å²) in [5.74, 6) is -1.46. The van der Waals surface area contributed by atoms with Crippen LogP contribution in [0.3, 0.4) is 0 Å². The number of rotatable bonds is 7. The van der Waals surface area contributed by atoms with Crippen molar-refractivity contribution in [3.63, 3.8) is 0 Å². The Morgan fingerprint density at radius 2 is 1.95 bits per heavy atom. The van der Waals surface area contributed by atoms with E-state index in [9.17, 15) is 27.3 Å². The molecule has 14 heteroatoms. The Labute approximate surface area is 222 Å². The Kier molecular flexibility index (Phi) is 7.46. The van der Waals surface area contributed by atoms with Gasteiger partial charge >= 0.3 is 6.18 Å². The zero-order chi connectivity index (χ0) is 27.8. The Balaban J connectivity index is 1.77. The number of nitrogens with one attached hydrogen (secondary N) is 3. The number of hydrogen-bond acceptors (Lipinski definition) is 5. The summed E-state index contributed by atoms with van der Waals surface area (Å²) in [6.45, 7) is 3.39. The van der Waals surface area contributed by atoms with Gasteiger partial charge in [-0.2, -0.15) is 18.3 Å². The van der Waals surface area contributed by atoms with E-state index in [0.717, 1.165) is 10.8 Å². The van der Waals surface area contributed by atoms with E-state index in [4.69, 9.17) is 11.6 Å². The molecule has 0 spiro atoms. The number of halogens is 4. The number of fused-ring (bicyclic) bond motifs is 1. The van der Waals surface area contributed by atoms with E-state index in [1.807, 2.05) is 0 Å². The molecule has 3 heterocycles. The fourth-order valence-corrected chi connectivity index (χ4v) is 5.28. The van der Waals surface area contributed by atoms with Crippen molar-refractivity contribution in [1.29, 1.82) is 0 Å². The van der Waals surface area contributed by atoms with E-state index in [1.54, 1.807) is 19.9 Å². The number of aromatic amines is 1. The third kappa shape index (κ3) is 5.79. The van der Waals surface area contributed by atoms with Crippen molar-refractivity contribution in [3.8, 4) is 5.82 Å². The van der Waals surface area contributed by atoms with E-state index >= 15 is 0 Å². The minimum absolute atomic E-state index is 0.00771. The van der Waals surface area contributed by atoms with E-state index in [0.29, 0.717) is 17.0 Å². The standard InChI is InChI=1S/C24H22ClF3N6O3S/c1-23(2,12-38(3)37)32-22(36)18-16(7-6-13-10-30-33-19(13)18)31-21(35)17-9-14(24(26,27)28)11-34(17)20-15(25)5-4-8-29-20/h4-11H,12H2,1-3H3,(H,30,33)(H,31,35)(H,32,36). The molecule has 0 saturated carbocycles. The molecule has 1 atom stereocenters. The highest BCUT2D eigenvalue weighted by atomic mass is 35.5. The normalized spacial score (nSPS) is 12.9. The molecule has 2 amide bonds. The van der Waals surface area contributed by atoms with Crippen LogP contribution in [0.2, 0.25) is 5.02 Å². The van der Waals surface area contributed by atoms with Crippen molar-refractivity contribution in [2.45, 2.75) is 25.6 Å². The van der Waals surface area contributed by atoms with Gasteiger partial charge in [-0.1, -0.05) is 22.8 Å². The van der Waals surface area contributed by atoms with Gasteiger partial charge in [-0.15, -0.1) is 0 Å². The summed E-state index contributed by atoms with van der Waals surface area (Å²) >= 11 is 4.94. The summed E-state index contributed by atoms with van der Waals surface area (Å²) in [4.78, 5) is 30.8. The summed E-state index contributed by atoms with van der Waals surface area (Å²) < 4.78 is 53.4. The zero-order valence-electron chi connectivity index (χ0n) is 20.3. The molecule has 0 aliphatic heterocycles. The number of anilines is 1. The third-order valence-electron chi connectivity index (χ3n) is 5.46. The van der Waals surface area contributed by atoms with Crippen molar-refractivity contribution in [3.05, 3.63) is 70.8 Å². The number of pyridine rings is 1. The molecule has 0 aliphatic carbocycles. The summed E-state index contributed by atoms with van der Waals surface area (Å²) in [7, 11) is 0. The van der Waals surface area contributed by atoms with Gasteiger partial charge in [-0.3, -0.25) is 19.3 Å². The van der Waals surface area contributed by atoms with Crippen LogP contribution in [0.1, 0.15) is 40.3 Å². The van der Waals surface area contributed by atoms with E-state index < -0.39 is 46.0 Å². The second kappa shape index (κ2) is 10.3. The lowest BCUT2D eigenvalue weighted by molar-refractivity contribution is -0.137. The third-order valence-corrected chi connectivity index (χ3v) is 6.88. The molecule has 200 valence electrons. The van der Waals surface area contributed by atoms with Crippen molar-refractivity contribution in [1.82, 2.24) is 25.1 Å². The highest BCUT2D eigenvalue weighted by Gasteiger charge is 2.35. The van der Waals surface area contributed by atoms with Crippen LogP contribution in [0, 0.1) is 0 Å². The van der Waals surface area contributed by atoms with Gasteiger partial charge < -0.3 is 15.2 Å². The number of alkyl halides is 3. The Morgan fingerprint density at radius 3 is 2.61 bits per heavy atom. The number of carbonyl (C=O) groups excluding carboxylic acids is 2. The highest BCUT2D eigenvalue weighted by Crippen LogP contribution is 2.33. The fraction of sp³-hybridized carbons (Fsp3) is 0.250. The number of nitrogens with zero attached hydrogens (tertiary/aromatic N) is 3. The van der Waals surface area contributed by atoms with Crippen LogP contribution in [0.4, 0.5) is 18.9 Å². The molecule has 1 unspecified atom stereocenters. The first kappa shape index (κ1) is 27.5. The Morgan fingerprint density at radius 1 is 1.21 bits per heavy atom. The van der Waals surface area contributed by atoms with Gasteiger partial charge in [0.25, 0.3) is 11.8 Å². The molecule has 0 radical (unpaired) electrons. The van der Waals surface area contributed by atoms with Gasteiger partial charge in [0, 0.05) is 17.8 Å². The maximum Gasteiger partial charge on any atom is 0.417 e. The molecular weight excluding hydrogens is 545 g/mol. The number of carbonyl (C=O) groups is 2. The van der Waals surface area contributed by atoms with Gasteiger partial charge in [0.2, 0.25) is 0 Å². The molecule has 4 aromatic rings. The van der Waals surface area contributed by atoms with Crippen LogP contribution in [-0.4, -0.2) is 53.7 Å². The molecule has 3 aromatic heterocycles. The minimum Gasteiger partial charge on any atom is -0.616 e. The quantitative estimate of drug-likeness (QED) is 0.283. The number of aromatic nitrogens is 4. The topological polar surface area (TPSA) is 128 Å². The predicted molar refractivity (Wildman–Crippen MR) is 138 cm³/mol. The number of hydrogen-bond donors (Lipinski definition) is 3. The lowest BCUT2D eigenvalue weighted by Gasteiger charge is -2.26. The molecule has 0 saturated heterocycles. The smallest absolute Gasteiger partial charge is 0.417 e. The first-order valence-corrected chi connectivity index (χ1v) is 13.2. The maximum atomic E-state index is 13.6. The van der Waals surface area contributed by atoms with Crippen molar-refractivity contribution in [2.24, 2.45) is 0 Å². The van der Waals surface area contributed by atoms with E-state index in [-0.39, 0.29) is 27.8 Å². The van der Waals surface area contributed by atoms with Crippen LogP contribution < -0.4 is 10.6 Å². The molecule has 9 nitrogen and oxygen atoms in total. The number of amides is 2. The number of benzene rings is 1. The predicted octanol–water partition coefficient (Wildman–Crippen LogP) is 4.56. The fourth-order valence-electron chi connectivity index (χ4n) is 3.98. The molecule has 4 rings (SSSR count). The van der Waals surface area contributed by atoms with Crippen molar-refractivity contribution >= 4 is 51.2 Å². The lowest BCUT2D eigenvalue weighted by Crippen LogP contribution is -2.48. The van der Waals surface area contributed by atoms with Crippen molar-refractivity contribution in [2.75, 3.05) is 17.3 Å². The molecule has 0 fully saturated rings. The van der Waals surface area contributed by atoms with Gasteiger partial charge in [0.15, 0.2) is 5.82 Å². The Bertz CT molecular complexity index is 1520. The monoisotopic (exact) mass is 566 g/mol. The molecule has 1 aromatic carbocycles. The summed E-state index contributed by atoms with van der Waals surface area (Å²) in [5, 5.41) is 12.6. The Hall–Kier alpha value is -3.55. The van der Waals surface area contributed by atoms with Crippen LogP contribution in [0.25, 0.3) is 16.7 Å². The summed E-state index contributed by atoms with van der Waals surface area (Å²) in [6, 6.07) is 6.64. The van der Waals surface area contributed by atoms with Crippen LogP contribution >= 0.6 is 11.6 Å². The molecule has 38 heavy (non-hydrogen) atoms. The number of H-pyrrole nitrogens is 1. The highest BCUT2D eigenvalue weighted by molar-refractivity contribution is 7.90. The molecular formula is C24H22ClF3N6O3S. The second-order valence-corrected chi connectivity index (χ2v) is 11.0. The first-order chi connectivity index (χ1) is 17.8. The molecule has 3 N–H and O–H groups in total.